The molecule has 0 aliphatic carbocycles. The molecule has 11 heavy (non-hydrogen) atoms. The molecule has 1 heterocycles. The fourth-order valence-electron chi connectivity index (χ4n) is 0.703. The van der Waals surface area contributed by atoms with E-state index in [1.54, 1.807) is 19.2 Å². The monoisotopic (exact) mass is 154 g/mol. The minimum absolute atomic E-state index is 0.238. The summed E-state index contributed by atoms with van der Waals surface area (Å²) in [6.45, 7) is 0. The number of rotatable bonds is 3. The lowest BCUT2D eigenvalue weighted by atomic mass is 10.2. The van der Waals surface area contributed by atoms with E-state index < -0.39 is 6.17 Å². The average molecular weight is 154 g/mol. The quantitative estimate of drug-likeness (QED) is 0.473. The molecule has 4 nitrogen and oxygen atoms in total. The molecule has 0 aliphatic rings. The van der Waals surface area contributed by atoms with Crippen LogP contribution >= 0.6 is 0 Å². The van der Waals surface area contributed by atoms with Crippen LogP contribution in [0.2, 0.25) is 0 Å². The van der Waals surface area contributed by atoms with E-state index in [-0.39, 0.29) is 11.5 Å². The van der Waals surface area contributed by atoms with Gasteiger partial charge in [-0.05, 0) is 19.2 Å². The molecule has 60 valence electrons. The number of carbonyl (C=O) groups is 1. The minimum atomic E-state index is -0.679. The summed E-state index contributed by atoms with van der Waals surface area (Å²) < 4.78 is 4.85. The first-order chi connectivity index (χ1) is 5.25. The highest BCUT2D eigenvalue weighted by Gasteiger charge is 2.15. The van der Waals surface area contributed by atoms with Crippen molar-refractivity contribution in [3.8, 4) is 0 Å². The number of Topliss-reactive ketones (excluding diaryl/α,β-unsaturated/α-hetero) is 1. The van der Waals surface area contributed by atoms with Crippen molar-refractivity contribution in [2.24, 2.45) is 5.73 Å². The van der Waals surface area contributed by atoms with Gasteiger partial charge in [-0.3, -0.25) is 10.1 Å². The third kappa shape index (κ3) is 1.66. The van der Waals surface area contributed by atoms with Crippen molar-refractivity contribution in [1.82, 2.24) is 5.32 Å². The molecule has 1 rings (SSSR count). The minimum Gasteiger partial charge on any atom is -0.461 e. The molecule has 1 aromatic rings. The maximum Gasteiger partial charge on any atom is 0.229 e. The smallest absolute Gasteiger partial charge is 0.229 e. The third-order valence-electron chi connectivity index (χ3n) is 1.36. The van der Waals surface area contributed by atoms with Gasteiger partial charge in [0.05, 0.1) is 6.26 Å². The Morgan fingerprint density at radius 2 is 2.55 bits per heavy atom. The van der Waals surface area contributed by atoms with Crippen LogP contribution in [0.1, 0.15) is 10.6 Å². The molecular weight excluding hydrogens is 144 g/mol. The average Bonchev–Trinajstić information content (AvgIpc) is 2.53. The van der Waals surface area contributed by atoms with Gasteiger partial charge in [0.15, 0.2) is 5.76 Å². The van der Waals surface area contributed by atoms with Crippen LogP contribution in [0.15, 0.2) is 22.8 Å². The van der Waals surface area contributed by atoms with E-state index in [4.69, 9.17) is 10.2 Å². The van der Waals surface area contributed by atoms with Gasteiger partial charge in [-0.15, -0.1) is 0 Å². The molecule has 0 radical (unpaired) electrons. The summed E-state index contributed by atoms with van der Waals surface area (Å²) in [6.07, 6.45) is 0.761. The van der Waals surface area contributed by atoms with Crippen molar-refractivity contribution < 1.29 is 9.21 Å². The molecule has 0 aromatic carbocycles. The first-order valence-electron chi connectivity index (χ1n) is 3.26. The zero-order valence-corrected chi connectivity index (χ0v) is 6.20. The molecule has 0 saturated carbocycles. The number of likely N-dealkylation sites (N-methyl/N-ethyl adjacent to an activating group) is 1. The van der Waals surface area contributed by atoms with Gasteiger partial charge in [0, 0.05) is 0 Å². The summed E-state index contributed by atoms with van der Waals surface area (Å²) >= 11 is 0. The van der Waals surface area contributed by atoms with Crippen LogP contribution < -0.4 is 11.1 Å². The Bertz CT molecular complexity index is 231. The maximum absolute atomic E-state index is 11.2. The van der Waals surface area contributed by atoms with E-state index in [1.165, 1.54) is 6.26 Å². The van der Waals surface area contributed by atoms with Crippen LogP contribution in [0, 0.1) is 0 Å². The number of hydrogen-bond donors (Lipinski definition) is 2. The molecule has 1 atom stereocenters. The fraction of sp³-hybridized carbons (Fsp3) is 0.286. The molecule has 1 unspecified atom stereocenters. The lowest BCUT2D eigenvalue weighted by Gasteiger charge is -2.05. The van der Waals surface area contributed by atoms with Gasteiger partial charge in [0.25, 0.3) is 0 Å². The second-order valence-corrected chi connectivity index (χ2v) is 2.11. The Morgan fingerprint density at radius 1 is 1.82 bits per heavy atom. The first kappa shape index (κ1) is 7.97. The van der Waals surface area contributed by atoms with E-state index >= 15 is 0 Å². The molecule has 1 aromatic heterocycles. The molecular formula is C7H10N2O2. The van der Waals surface area contributed by atoms with Crippen LogP contribution in [0.3, 0.4) is 0 Å². The highest BCUT2D eigenvalue weighted by Crippen LogP contribution is 2.01. The third-order valence-corrected chi connectivity index (χ3v) is 1.36. The Balaban J connectivity index is 2.70. The largest absolute Gasteiger partial charge is 0.461 e. The SMILES string of the molecule is CNC(N)C(=O)c1ccco1. The summed E-state index contributed by atoms with van der Waals surface area (Å²) in [5.74, 6) is 0.0457. The Kier molecular flexibility index (Phi) is 2.40. The van der Waals surface area contributed by atoms with Crippen LogP contribution in [0.5, 0.6) is 0 Å². The van der Waals surface area contributed by atoms with Crippen molar-refractivity contribution in [3.63, 3.8) is 0 Å². The predicted molar refractivity (Wildman–Crippen MR) is 40.1 cm³/mol. The molecule has 0 aliphatic heterocycles. The summed E-state index contributed by atoms with van der Waals surface area (Å²) in [6, 6.07) is 3.23. The number of nitrogens with two attached hydrogens (primary N) is 1. The number of ketones is 1. The van der Waals surface area contributed by atoms with Gasteiger partial charge in [-0.2, -0.15) is 0 Å². The van der Waals surface area contributed by atoms with Crippen LogP contribution in [0.4, 0.5) is 0 Å². The number of nitrogens with one attached hydrogen (secondary N) is 1. The van der Waals surface area contributed by atoms with Gasteiger partial charge >= 0.3 is 0 Å². The van der Waals surface area contributed by atoms with E-state index in [1.807, 2.05) is 0 Å². The molecule has 0 spiro atoms. The Labute approximate surface area is 64.4 Å². The standard InChI is InChI=1S/C7H10N2O2/c1-9-7(8)6(10)5-3-2-4-11-5/h2-4,7,9H,8H2,1H3. The van der Waals surface area contributed by atoms with Crippen molar-refractivity contribution >= 4 is 5.78 Å². The second kappa shape index (κ2) is 3.32. The Hall–Kier alpha value is -1.13. The molecule has 4 heteroatoms. The molecule has 0 saturated heterocycles. The van der Waals surface area contributed by atoms with Crippen molar-refractivity contribution in [1.29, 1.82) is 0 Å². The van der Waals surface area contributed by atoms with Crippen molar-refractivity contribution in [2.45, 2.75) is 6.17 Å². The van der Waals surface area contributed by atoms with E-state index in [9.17, 15) is 4.79 Å². The normalized spacial score (nSPS) is 12.9. The van der Waals surface area contributed by atoms with Gasteiger partial charge in [0.1, 0.15) is 6.17 Å². The molecule has 0 amide bonds. The van der Waals surface area contributed by atoms with E-state index in [0.29, 0.717) is 0 Å². The zero-order valence-electron chi connectivity index (χ0n) is 6.20. The second-order valence-electron chi connectivity index (χ2n) is 2.11. The molecule has 0 fully saturated rings. The van der Waals surface area contributed by atoms with Crippen LogP contribution in [-0.2, 0) is 0 Å². The van der Waals surface area contributed by atoms with Crippen LogP contribution in [-0.4, -0.2) is 19.0 Å². The maximum atomic E-state index is 11.2. The van der Waals surface area contributed by atoms with E-state index in [2.05, 4.69) is 5.32 Å². The van der Waals surface area contributed by atoms with Gasteiger partial charge in [-0.1, -0.05) is 0 Å². The molecule has 3 N–H and O–H groups in total. The van der Waals surface area contributed by atoms with Crippen molar-refractivity contribution in [2.75, 3.05) is 7.05 Å². The summed E-state index contributed by atoms with van der Waals surface area (Å²) in [7, 11) is 1.62. The van der Waals surface area contributed by atoms with Crippen LogP contribution in [0.25, 0.3) is 0 Å². The lowest BCUT2D eigenvalue weighted by Crippen LogP contribution is -2.41. The van der Waals surface area contributed by atoms with Gasteiger partial charge in [0.2, 0.25) is 5.78 Å². The van der Waals surface area contributed by atoms with Crippen molar-refractivity contribution in [3.05, 3.63) is 24.2 Å². The number of carbonyl (C=O) groups excluding carboxylic acids is 1. The summed E-state index contributed by atoms with van der Waals surface area (Å²) in [5.41, 5.74) is 5.39. The topological polar surface area (TPSA) is 68.3 Å². The fourth-order valence-corrected chi connectivity index (χ4v) is 0.703. The van der Waals surface area contributed by atoms with E-state index in [0.717, 1.165) is 0 Å². The van der Waals surface area contributed by atoms with Gasteiger partial charge < -0.3 is 10.2 Å². The molecule has 0 bridgehead atoms. The summed E-state index contributed by atoms with van der Waals surface area (Å²) in [4.78, 5) is 11.2. The summed E-state index contributed by atoms with van der Waals surface area (Å²) in [5, 5.41) is 2.62. The van der Waals surface area contributed by atoms with Gasteiger partial charge in [-0.25, -0.2) is 0 Å². The first-order valence-corrected chi connectivity index (χ1v) is 3.26. The zero-order chi connectivity index (χ0) is 8.27. The predicted octanol–water partition coefficient (Wildman–Crippen LogP) is -0.0335. The lowest BCUT2D eigenvalue weighted by molar-refractivity contribution is 0.0922. The highest BCUT2D eigenvalue weighted by molar-refractivity contribution is 5.97. The number of furan rings is 1. The number of hydrogen-bond acceptors (Lipinski definition) is 4. The highest BCUT2D eigenvalue weighted by atomic mass is 16.3. The Morgan fingerprint density at radius 3 is 3.00 bits per heavy atom.